The van der Waals surface area contributed by atoms with Crippen molar-refractivity contribution in [3.63, 3.8) is 0 Å². The second-order valence-electron chi connectivity index (χ2n) is 5.96. The molecule has 1 aromatic carbocycles. The van der Waals surface area contributed by atoms with E-state index >= 15 is 0 Å². The summed E-state index contributed by atoms with van der Waals surface area (Å²) in [7, 11) is 0. The molecular formula is C18H17N5O2S2. The SMILES string of the molecule is Cc1nc(Cc2nnc(SCC(=O)N3CCC(c4ccccc4)=N3)o2)cs1. The van der Waals surface area contributed by atoms with Gasteiger partial charge in [0.1, 0.15) is 0 Å². The number of aryl methyl sites for hydroxylation is 1. The van der Waals surface area contributed by atoms with Crippen molar-refractivity contribution in [2.75, 3.05) is 12.3 Å². The monoisotopic (exact) mass is 399 g/mol. The van der Waals surface area contributed by atoms with Gasteiger partial charge in [-0.15, -0.1) is 21.5 Å². The number of carbonyl (C=O) groups is 1. The maximum absolute atomic E-state index is 12.4. The van der Waals surface area contributed by atoms with E-state index in [9.17, 15) is 4.79 Å². The Morgan fingerprint density at radius 2 is 2.15 bits per heavy atom. The van der Waals surface area contributed by atoms with Gasteiger partial charge in [0, 0.05) is 11.8 Å². The summed E-state index contributed by atoms with van der Waals surface area (Å²) in [6, 6.07) is 9.92. The summed E-state index contributed by atoms with van der Waals surface area (Å²) in [5, 5.41) is 17.4. The summed E-state index contributed by atoms with van der Waals surface area (Å²) in [4.78, 5) is 16.8. The molecule has 1 aliphatic heterocycles. The van der Waals surface area contributed by atoms with Crippen LogP contribution in [0.1, 0.15) is 28.6 Å². The number of amides is 1. The van der Waals surface area contributed by atoms with Gasteiger partial charge in [-0.1, -0.05) is 42.1 Å². The predicted molar refractivity (Wildman–Crippen MR) is 104 cm³/mol. The fraction of sp³-hybridized carbons (Fsp3) is 0.278. The molecule has 1 amide bonds. The lowest BCUT2D eigenvalue weighted by Gasteiger charge is -2.09. The third-order valence-electron chi connectivity index (χ3n) is 3.96. The highest BCUT2D eigenvalue weighted by Gasteiger charge is 2.22. The van der Waals surface area contributed by atoms with Gasteiger partial charge < -0.3 is 4.42 Å². The molecule has 0 atom stereocenters. The van der Waals surface area contributed by atoms with Crippen LogP contribution in [0.25, 0.3) is 0 Å². The molecule has 0 N–H and O–H groups in total. The molecule has 0 fully saturated rings. The number of rotatable bonds is 6. The highest BCUT2D eigenvalue weighted by atomic mass is 32.2. The number of thioether (sulfide) groups is 1. The first-order chi connectivity index (χ1) is 13.2. The molecule has 2 aromatic heterocycles. The van der Waals surface area contributed by atoms with Crippen LogP contribution in [0.5, 0.6) is 0 Å². The Morgan fingerprint density at radius 3 is 2.93 bits per heavy atom. The molecule has 3 heterocycles. The second kappa shape index (κ2) is 8.01. The van der Waals surface area contributed by atoms with Crippen molar-refractivity contribution in [1.82, 2.24) is 20.2 Å². The van der Waals surface area contributed by atoms with Crippen molar-refractivity contribution in [1.29, 1.82) is 0 Å². The minimum Gasteiger partial charge on any atom is -0.416 e. The minimum absolute atomic E-state index is 0.0687. The topological polar surface area (TPSA) is 84.5 Å². The number of thiazole rings is 1. The predicted octanol–water partition coefficient (Wildman–Crippen LogP) is 3.15. The number of nitrogens with zero attached hydrogens (tertiary/aromatic N) is 5. The van der Waals surface area contributed by atoms with Crippen molar-refractivity contribution in [2.45, 2.75) is 25.0 Å². The van der Waals surface area contributed by atoms with Gasteiger partial charge in [0.15, 0.2) is 0 Å². The molecule has 0 aliphatic carbocycles. The van der Waals surface area contributed by atoms with E-state index in [-0.39, 0.29) is 11.7 Å². The van der Waals surface area contributed by atoms with Crippen LogP contribution >= 0.6 is 23.1 Å². The van der Waals surface area contributed by atoms with Crippen LogP contribution in [-0.4, -0.2) is 44.1 Å². The number of hydrazone groups is 1. The first kappa shape index (κ1) is 17.9. The third kappa shape index (κ3) is 4.42. The van der Waals surface area contributed by atoms with Crippen LogP contribution in [0.3, 0.4) is 0 Å². The van der Waals surface area contributed by atoms with Gasteiger partial charge in [-0.3, -0.25) is 4.79 Å². The summed E-state index contributed by atoms with van der Waals surface area (Å²) in [5.41, 5.74) is 2.90. The lowest BCUT2D eigenvalue weighted by molar-refractivity contribution is -0.127. The highest BCUT2D eigenvalue weighted by Crippen LogP contribution is 2.20. The average Bonchev–Trinajstić information content (AvgIpc) is 3.42. The lowest BCUT2D eigenvalue weighted by atomic mass is 10.1. The number of hydrogen-bond donors (Lipinski definition) is 0. The minimum atomic E-state index is -0.0687. The molecule has 7 nitrogen and oxygen atoms in total. The van der Waals surface area contributed by atoms with Gasteiger partial charge in [-0.05, 0) is 12.5 Å². The van der Waals surface area contributed by atoms with Gasteiger partial charge >= 0.3 is 0 Å². The molecule has 1 aliphatic rings. The number of hydrogen-bond acceptors (Lipinski definition) is 8. The van der Waals surface area contributed by atoms with Crippen LogP contribution in [-0.2, 0) is 11.2 Å². The fourth-order valence-corrected chi connectivity index (χ4v) is 3.94. The van der Waals surface area contributed by atoms with Crippen molar-refractivity contribution < 1.29 is 9.21 Å². The number of benzene rings is 1. The first-order valence-corrected chi connectivity index (χ1v) is 10.3. The third-order valence-corrected chi connectivity index (χ3v) is 5.59. The van der Waals surface area contributed by atoms with E-state index in [2.05, 4.69) is 20.3 Å². The molecule has 0 saturated carbocycles. The van der Waals surface area contributed by atoms with Gasteiger partial charge in [0.25, 0.3) is 11.1 Å². The Kier molecular flexibility index (Phi) is 5.30. The van der Waals surface area contributed by atoms with Crippen molar-refractivity contribution in [3.05, 3.63) is 57.9 Å². The van der Waals surface area contributed by atoms with Crippen LogP contribution in [0.2, 0.25) is 0 Å². The maximum Gasteiger partial charge on any atom is 0.277 e. The Hall–Kier alpha value is -2.52. The van der Waals surface area contributed by atoms with E-state index < -0.39 is 0 Å². The van der Waals surface area contributed by atoms with Gasteiger partial charge in [-0.2, -0.15) is 5.10 Å². The highest BCUT2D eigenvalue weighted by molar-refractivity contribution is 7.99. The summed E-state index contributed by atoms with van der Waals surface area (Å²) in [6.45, 7) is 2.56. The Bertz CT molecular complexity index is 967. The van der Waals surface area contributed by atoms with Gasteiger partial charge in [-0.25, -0.2) is 9.99 Å². The van der Waals surface area contributed by atoms with Crippen molar-refractivity contribution >= 4 is 34.7 Å². The molecule has 138 valence electrons. The van der Waals surface area contributed by atoms with Crippen LogP contribution in [0.15, 0.2) is 50.5 Å². The Labute approximate surface area is 164 Å². The largest absolute Gasteiger partial charge is 0.416 e. The summed E-state index contributed by atoms with van der Waals surface area (Å²) >= 11 is 2.82. The molecular weight excluding hydrogens is 382 g/mol. The van der Waals surface area contributed by atoms with E-state index in [4.69, 9.17) is 4.42 Å². The summed E-state index contributed by atoms with van der Waals surface area (Å²) in [5.74, 6) is 0.643. The van der Waals surface area contributed by atoms with Crippen molar-refractivity contribution in [3.8, 4) is 0 Å². The van der Waals surface area contributed by atoms with Gasteiger partial charge in [0.2, 0.25) is 5.89 Å². The first-order valence-electron chi connectivity index (χ1n) is 8.47. The standard InChI is InChI=1S/C18H17N5O2S2/c1-12-19-14(10-26-12)9-16-20-21-18(25-16)27-11-17(24)23-8-7-15(22-23)13-5-3-2-4-6-13/h2-6,10H,7-9,11H2,1H3. The second-order valence-corrected chi connectivity index (χ2v) is 7.95. The number of aromatic nitrogens is 3. The van der Waals surface area contributed by atoms with E-state index in [1.54, 1.807) is 11.3 Å². The quantitative estimate of drug-likeness (QED) is 0.592. The fourth-order valence-electron chi connectivity index (χ4n) is 2.68. The molecule has 9 heteroatoms. The molecule has 0 spiro atoms. The molecule has 27 heavy (non-hydrogen) atoms. The van der Waals surface area contributed by atoms with Gasteiger partial charge in [0.05, 0.1) is 35.1 Å². The molecule has 0 bridgehead atoms. The van der Waals surface area contributed by atoms with Crippen LogP contribution in [0.4, 0.5) is 0 Å². The van der Waals surface area contributed by atoms with E-state index in [0.29, 0.717) is 24.1 Å². The molecule has 4 rings (SSSR count). The zero-order valence-corrected chi connectivity index (χ0v) is 16.3. The molecule has 0 saturated heterocycles. The molecule has 0 radical (unpaired) electrons. The number of carbonyl (C=O) groups excluding carboxylic acids is 1. The normalized spacial score (nSPS) is 13.8. The molecule has 0 unspecified atom stereocenters. The Morgan fingerprint density at radius 1 is 1.30 bits per heavy atom. The van der Waals surface area contributed by atoms with Crippen molar-refractivity contribution in [2.24, 2.45) is 5.10 Å². The van der Waals surface area contributed by atoms with E-state index in [0.717, 1.165) is 28.4 Å². The van der Waals surface area contributed by atoms with E-state index in [1.165, 1.54) is 16.8 Å². The van der Waals surface area contributed by atoms with Crippen LogP contribution < -0.4 is 0 Å². The zero-order valence-electron chi connectivity index (χ0n) is 14.7. The molecule has 3 aromatic rings. The zero-order chi connectivity index (χ0) is 18.6. The smallest absolute Gasteiger partial charge is 0.277 e. The summed E-state index contributed by atoms with van der Waals surface area (Å²) < 4.78 is 5.60. The Balaban J connectivity index is 1.31. The average molecular weight is 400 g/mol. The maximum atomic E-state index is 12.4. The van der Waals surface area contributed by atoms with Crippen LogP contribution in [0, 0.1) is 6.92 Å². The van der Waals surface area contributed by atoms with E-state index in [1.807, 2.05) is 42.6 Å². The summed E-state index contributed by atoms with van der Waals surface area (Å²) in [6.07, 6.45) is 1.26. The lowest BCUT2D eigenvalue weighted by Crippen LogP contribution is -2.25.